The molecule has 2 N–H and O–H groups in total. The molecule has 19 heavy (non-hydrogen) atoms. The van der Waals surface area contributed by atoms with Crippen LogP contribution in [0.1, 0.15) is 43.5 Å². The van der Waals surface area contributed by atoms with Gasteiger partial charge in [0, 0.05) is 10.8 Å². The summed E-state index contributed by atoms with van der Waals surface area (Å²) in [5.74, 6) is 0.00573. The molecule has 1 atom stereocenters. The summed E-state index contributed by atoms with van der Waals surface area (Å²) in [5, 5.41) is 7.60. The molecule has 0 saturated heterocycles. The van der Waals surface area contributed by atoms with E-state index in [-0.39, 0.29) is 30.3 Å². The van der Waals surface area contributed by atoms with E-state index in [1.807, 2.05) is 24.4 Å². The number of hydrogen-bond donors (Lipinski definition) is 2. The molecule has 2 amide bonds. The van der Waals surface area contributed by atoms with Crippen molar-refractivity contribution in [3.8, 4) is 0 Å². The Bertz CT molecular complexity index is 425. The number of amides is 2. The molecular weight excluding hydrogens is 260 g/mol. The molecule has 4 nitrogen and oxygen atoms in total. The van der Waals surface area contributed by atoms with Crippen molar-refractivity contribution in [2.75, 3.05) is 6.54 Å². The summed E-state index contributed by atoms with van der Waals surface area (Å²) in [6.07, 6.45) is 4.16. The number of nitrogens with one attached hydrogen (secondary N) is 2. The Labute approximate surface area is 117 Å². The lowest BCUT2D eigenvalue weighted by molar-refractivity contribution is -0.128. The van der Waals surface area contributed by atoms with Crippen molar-refractivity contribution in [1.82, 2.24) is 10.6 Å². The molecule has 0 bridgehead atoms. The van der Waals surface area contributed by atoms with Gasteiger partial charge in [0.05, 0.1) is 12.6 Å². The highest BCUT2D eigenvalue weighted by atomic mass is 32.1. The van der Waals surface area contributed by atoms with Crippen LogP contribution >= 0.6 is 11.3 Å². The molecule has 1 aliphatic rings. The van der Waals surface area contributed by atoms with Gasteiger partial charge in [0.15, 0.2) is 0 Å². The van der Waals surface area contributed by atoms with Crippen LogP contribution in [-0.2, 0) is 9.59 Å². The summed E-state index contributed by atoms with van der Waals surface area (Å²) in [5.41, 5.74) is 0. The summed E-state index contributed by atoms with van der Waals surface area (Å²) < 4.78 is 0. The lowest BCUT2D eigenvalue weighted by Crippen LogP contribution is -2.39. The highest BCUT2D eigenvalue weighted by Gasteiger charge is 2.22. The number of rotatable bonds is 5. The van der Waals surface area contributed by atoms with E-state index in [1.165, 1.54) is 0 Å². The van der Waals surface area contributed by atoms with Crippen LogP contribution in [0.25, 0.3) is 0 Å². The molecule has 1 heterocycles. The first kappa shape index (κ1) is 14.1. The van der Waals surface area contributed by atoms with E-state index < -0.39 is 0 Å². The molecule has 104 valence electrons. The number of hydrogen-bond acceptors (Lipinski definition) is 3. The lowest BCUT2D eigenvalue weighted by atomic mass is 10.1. The molecule has 1 aromatic heterocycles. The van der Waals surface area contributed by atoms with E-state index in [9.17, 15) is 9.59 Å². The first-order valence-electron chi connectivity index (χ1n) is 6.77. The van der Waals surface area contributed by atoms with Gasteiger partial charge < -0.3 is 10.6 Å². The van der Waals surface area contributed by atoms with Crippen molar-refractivity contribution in [2.45, 2.75) is 38.6 Å². The van der Waals surface area contributed by atoms with E-state index in [4.69, 9.17) is 0 Å². The van der Waals surface area contributed by atoms with Gasteiger partial charge in [-0.3, -0.25) is 9.59 Å². The van der Waals surface area contributed by atoms with Crippen LogP contribution in [0.5, 0.6) is 0 Å². The van der Waals surface area contributed by atoms with E-state index >= 15 is 0 Å². The maximum absolute atomic E-state index is 11.8. The molecule has 0 radical (unpaired) electrons. The van der Waals surface area contributed by atoms with Crippen molar-refractivity contribution in [2.24, 2.45) is 5.92 Å². The van der Waals surface area contributed by atoms with Gasteiger partial charge in [0.1, 0.15) is 0 Å². The van der Waals surface area contributed by atoms with Crippen LogP contribution in [0.15, 0.2) is 17.5 Å². The van der Waals surface area contributed by atoms with Gasteiger partial charge in [-0.25, -0.2) is 0 Å². The van der Waals surface area contributed by atoms with Crippen molar-refractivity contribution >= 4 is 23.2 Å². The highest BCUT2D eigenvalue weighted by Crippen LogP contribution is 2.24. The maximum atomic E-state index is 11.8. The minimum absolute atomic E-state index is 0.00381. The molecule has 1 aliphatic carbocycles. The van der Waals surface area contributed by atoms with Gasteiger partial charge in [-0.2, -0.15) is 0 Å². The van der Waals surface area contributed by atoms with Gasteiger partial charge in [0.25, 0.3) is 0 Å². The average Bonchev–Trinajstić information content (AvgIpc) is 3.07. The fraction of sp³-hybridized carbons (Fsp3) is 0.571. The number of thiophene rings is 1. The smallest absolute Gasteiger partial charge is 0.239 e. The minimum atomic E-state index is -0.132. The monoisotopic (exact) mass is 280 g/mol. The highest BCUT2D eigenvalue weighted by molar-refractivity contribution is 7.10. The molecule has 0 spiro atoms. The third-order valence-electron chi connectivity index (χ3n) is 3.50. The fourth-order valence-corrected chi connectivity index (χ4v) is 3.14. The van der Waals surface area contributed by atoms with E-state index in [2.05, 4.69) is 10.6 Å². The first-order chi connectivity index (χ1) is 9.16. The first-order valence-corrected chi connectivity index (χ1v) is 7.65. The summed E-state index contributed by atoms with van der Waals surface area (Å²) in [7, 11) is 0. The lowest BCUT2D eigenvalue weighted by Gasteiger charge is -2.14. The second-order valence-electron chi connectivity index (χ2n) is 5.00. The van der Waals surface area contributed by atoms with Crippen LogP contribution in [0.2, 0.25) is 0 Å². The molecule has 1 saturated carbocycles. The quantitative estimate of drug-likeness (QED) is 0.869. The molecule has 1 unspecified atom stereocenters. The van der Waals surface area contributed by atoms with Crippen molar-refractivity contribution in [1.29, 1.82) is 0 Å². The molecule has 1 aromatic rings. The average molecular weight is 280 g/mol. The fourth-order valence-electron chi connectivity index (χ4n) is 2.40. The topological polar surface area (TPSA) is 58.2 Å². The van der Waals surface area contributed by atoms with Crippen molar-refractivity contribution in [3.63, 3.8) is 0 Å². The van der Waals surface area contributed by atoms with Crippen LogP contribution in [0, 0.1) is 5.92 Å². The Morgan fingerprint density at radius 1 is 1.42 bits per heavy atom. The normalized spacial score (nSPS) is 17.1. The van der Waals surface area contributed by atoms with Crippen LogP contribution < -0.4 is 10.6 Å². The van der Waals surface area contributed by atoms with E-state index in [0.29, 0.717) is 0 Å². The van der Waals surface area contributed by atoms with Crippen LogP contribution in [-0.4, -0.2) is 18.4 Å². The Hall–Kier alpha value is -1.36. The summed E-state index contributed by atoms with van der Waals surface area (Å²) in [6, 6.07) is 3.95. The van der Waals surface area contributed by atoms with E-state index in [0.717, 1.165) is 30.6 Å². The van der Waals surface area contributed by atoms with Crippen LogP contribution in [0.4, 0.5) is 0 Å². The van der Waals surface area contributed by atoms with Gasteiger partial charge in [-0.15, -0.1) is 11.3 Å². The molecule has 1 fully saturated rings. The zero-order chi connectivity index (χ0) is 13.7. The van der Waals surface area contributed by atoms with Crippen LogP contribution in [0.3, 0.4) is 0 Å². The summed E-state index contributed by atoms with van der Waals surface area (Å²) in [6.45, 7) is 2.02. The Balaban J connectivity index is 1.71. The molecule has 0 aromatic carbocycles. The van der Waals surface area contributed by atoms with Gasteiger partial charge in [-0.1, -0.05) is 18.9 Å². The Morgan fingerprint density at radius 3 is 2.79 bits per heavy atom. The minimum Gasteiger partial charge on any atom is -0.347 e. The number of carbonyl (C=O) groups is 2. The predicted octanol–water partition coefficient (Wildman–Crippen LogP) is 2.23. The van der Waals surface area contributed by atoms with Crippen molar-refractivity contribution < 1.29 is 9.59 Å². The van der Waals surface area contributed by atoms with Gasteiger partial charge >= 0.3 is 0 Å². The predicted molar refractivity (Wildman–Crippen MR) is 75.8 cm³/mol. The molecule has 5 heteroatoms. The second kappa shape index (κ2) is 6.70. The summed E-state index contributed by atoms with van der Waals surface area (Å²) >= 11 is 1.62. The Morgan fingerprint density at radius 2 is 2.16 bits per heavy atom. The third-order valence-corrected chi connectivity index (χ3v) is 4.55. The number of carbonyl (C=O) groups excluding carboxylic acids is 2. The zero-order valence-corrected chi connectivity index (χ0v) is 12.0. The summed E-state index contributed by atoms with van der Waals surface area (Å²) in [4.78, 5) is 24.6. The SMILES string of the molecule is CC(NC(=O)CNC(=O)C1CCCC1)c1cccs1. The Kier molecular flexibility index (Phi) is 4.96. The van der Waals surface area contributed by atoms with E-state index in [1.54, 1.807) is 11.3 Å². The standard InChI is InChI=1S/C14H20N2O2S/c1-10(12-7-4-8-19-12)16-13(17)9-15-14(18)11-5-2-3-6-11/h4,7-8,10-11H,2-3,5-6,9H2,1H3,(H,15,18)(H,16,17). The van der Waals surface area contributed by atoms with Gasteiger partial charge in [0.2, 0.25) is 11.8 Å². The van der Waals surface area contributed by atoms with Crippen molar-refractivity contribution in [3.05, 3.63) is 22.4 Å². The largest absolute Gasteiger partial charge is 0.347 e. The maximum Gasteiger partial charge on any atom is 0.239 e. The third kappa shape index (κ3) is 4.06. The molecular formula is C14H20N2O2S. The van der Waals surface area contributed by atoms with Gasteiger partial charge in [-0.05, 0) is 31.2 Å². The molecule has 0 aliphatic heterocycles. The molecule has 2 rings (SSSR count). The second-order valence-corrected chi connectivity index (χ2v) is 5.98. The zero-order valence-electron chi connectivity index (χ0n) is 11.1.